The maximum absolute atomic E-state index is 13.9. The minimum atomic E-state index is -3.47. The predicted molar refractivity (Wildman–Crippen MR) is 280 cm³/mol. The molecule has 4 aromatic carbocycles. The highest BCUT2D eigenvalue weighted by Gasteiger charge is 2.39. The first-order valence-electron chi connectivity index (χ1n) is 25.0. The van der Waals surface area contributed by atoms with E-state index in [-0.39, 0.29) is 59.7 Å². The van der Waals surface area contributed by atoms with E-state index in [1.54, 1.807) is 47.5 Å². The molecule has 0 unspecified atom stereocenters. The lowest BCUT2D eigenvalue weighted by atomic mass is 10.0. The topological polar surface area (TPSA) is 181 Å². The van der Waals surface area contributed by atoms with Gasteiger partial charge in [-0.25, -0.2) is 13.4 Å². The van der Waals surface area contributed by atoms with Crippen molar-refractivity contribution in [3.8, 4) is 11.5 Å². The monoisotopic (exact) mass is 997 g/mol. The largest absolute Gasteiger partial charge is 0.494 e. The van der Waals surface area contributed by atoms with Gasteiger partial charge in [0.2, 0.25) is 11.9 Å². The Morgan fingerprint density at radius 2 is 1.67 bits per heavy atom. The van der Waals surface area contributed by atoms with Crippen LogP contribution in [0.2, 0.25) is 0 Å². The van der Waals surface area contributed by atoms with Crippen LogP contribution < -0.4 is 25.4 Å². The number of benzene rings is 4. The number of Topliss-reactive ketones (excluding diaryl/α,β-unsaturated/α-hetero) is 1. The maximum Gasteiger partial charge on any atom is 0.255 e. The number of fused-ring (bicyclic) bond motifs is 1. The molecule has 380 valence electrons. The molecule has 1 aliphatic carbocycles. The molecule has 5 aromatic rings. The number of nitrogens with zero attached hydrogens (tertiary/aromatic N) is 4. The Morgan fingerprint density at radius 3 is 2.43 bits per heavy atom. The highest BCUT2D eigenvalue weighted by atomic mass is 32.2. The first-order valence-corrected chi connectivity index (χ1v) is 26.6. The molecule has 3 heterocycles. The summed E-state index contributed by atoms with van der Waals surface area (Å²) in [5.41, 5.74) is 6.51. The number of sulfone groups is 1. The van der Waals surface area contributed by atoms with E-state index in [0.29, 0.717) is 65.2 Å². The number of amides is 2. The van der Waals surface area contributed by atoms with Gasteiger partial charge in [0.1, 0.15) is 23.9 Å². The number of hydrogen-bond acceptors (Lipinski definition) is 13. The molecule has 1 atom stereocenters. The summed E-state index contributed by atoms with van der Waals surface area (Å²) in [6.45, 7) is 16.7. The van der Waals surface area contributed by atoms with Gasteiger partial charge in [0.05, 0.1) is 48.7 Å². The average Bonchev–Trinajstić information content (AvgIpc) is 3.57. The van der Waals surface area contributed by atoms with E-state index in [1.165, 1.54) is 5.56 Å². The lowest BCUT2D eigenvalue weighted by Crippen LogP contribution is -2.40. The Hall–Kier alpha value is -6.62. The predicted octanol–water partition coefficient (Wildman–Crippen LogP) is 10.1. The number of hydrogen-bond donors (Lipinski definition) is 3. The average molecular weight is 998 g/mol. The fraction of sp³-hybridized carbons (Fsp3) is 0.411. The van der Waals surface area contributed by atoms with Crippen molar-refractivity contribution in [2.45, 2.75) is 110 Å². The maximum atomic E-state index is 13.9. The third kappa shape index (κ3) is 13.9. The highest BCUT2D eigenvalue weighted by Crippen LogP contribution is 2.40. The Bertz CT molecular complexity index is 2860. The van der Waals surface area contributed by atoms with Crippen molar-refractivity contribution in [2.75, 3.05) is 54.6 Å². The second-order valence-electron chi connectivity index (χ2n) is 20.3. The van der Waals surface area contributed by atoms with Gasteiger partial charge in [0, 0.05) is 66.7 Å². The van der Waals surface area contributed by atoms with Crippen LogP contribution in [0.5, 0.6) is 11.5 Å². The standard InChI is InChI=1S/C56H67N7O8S/c1-38-11-9-14-49(50(64)31-38)63-35-47-46(54(63)66)24-25-48(52(47)71-36-41-18-16-40(17-19-41)34-62-26-29-69-30-27-62)60-51(65)15-7-6-8-28-70-44-22-20-42(21-23-44)59-55-57-33-39(2)53(61-55)58-43-12-10-13-45(32-43)72(67,68)37-56(3,4)5/h10,12-13,16-25,32-33,49H,1,6-9,11,14-15,26-31,34-37H2,2-5H3,(H,60,65)(H2,57,58,59,61)/t49-/m0/s1. The van der Waals surface area contributed by atoms with Crippen molar-refractivity contribution in [2.24, 2.45) is 5.41 Å². The lowest BCUT2D eigenvalue weighted by molar-refractivity contribution is -0.123. The zero-order chi connectivity index (χ0) is 50.8. The first-order chi connectivity index (χ1) is 34.6. The van der Waals surface area contributed by atoms with Crippen molar-refractivity contribution in [1.82, 2.24) is 19.8 Å². The van der Waals surface area contributed by atoms with Gasteiger partial charge in [-0.3, -0.25) is 19.3 Å². The summed E-state index contributed by atoms with van der Waals surface area (Å²) in [5, 5.41) is 9.56. The normalized spacial score (nSPS) is 16.5. The SMILES string of the molecule is C=C1CCC[C@H](N2Cc3c(ccc(NC(=O)CCCCCOc4ccc(Nc5ncc(C)c(Nc6cccc(S(=O)(=O)CC(C)(C)C)c6)n5)cc4)c3OCc3ccc(CN4CCOCC4)cc3)C2=O)C(=O)C1. The van der Waals surface area contributed by atoms with Crippen LogP contribution in [0.25, 0.3) is 0 Å². The molecule has 2 fully saturated rings. The molecule has 1 aromatic heterocycles. The molecule has 0 radical (unpaired) electrons. The van der Waals surface area contributed by atoms with Crippen LogP contribution in [-0.4, -0.2) is 90.5 Å². The molecule has 8 rings (SSSR count). The van der Waals surface area contributed by atoms with Crippen molar-refractivity contribution in [1.29, 1.82) is 0 Å². The molecule has 0 bridgehead atoms. The van der Waals surface area contributed by atoms with Gasteiger partial charge in [0.25, 0.3) is 5.91 Å². The zero-order valence-electron chi connectivity index (χ0n) is 41.9. The van der Waals surface area contributed by atoms with Crippen molar-refractivity contribution in [3.05, 3.63) is 131 Å². The van der Waals surface area contributed by atoms with Gasteiger partial charge in [-0.15, -0.1) is 0 Å². The number of ketones is 1. The lowest BCUT2D eigenvalue weighted by Gasteiger charge is -2.26. The minimum Gasteiger partial charge on any atom is -0.494 e. The Morgan fingerprint density at radius 1 is 0.903 bits per heavy atom. The van der Waals surface area contributed by atoms with Gasteiger partial charge in [-0.2, -0.15) is 4.98 Å². The number of allylic oxidation sites excluding steroid dienone is 1. The van der Waals surface area contributed by atoms with Crippen LogP contribution in [0, 0.1) is 12.3 Å². The van der Waals surface area contributed by atoms with Crippen LogP contribution >= 0.6 is 0 Å². The van der Waals surface area contributed by atoms with Gasteiger partial charge >= 0.3 is 0 Å². The van der Waals surface area contributed by atoms with Gasteiger partial charge in [-0.1, -0.05) is 63.3 Å². The van der Waals surface area contributed by atoms with E-state index in [0.717, 1.165) is 80.9 Å². The Labute approximate surface area is 423 Å². The second kappa shape index (κ2) is 23.3. The highest BCUT2D eigenvalue weighted by molar-refractivity contribution is 7.91. The van der Waals surface area contributed by atoms with Crippen LogP contribution in [0.3, 0.4) is 0 Å². The number of unbranched alkanes of at least 4 members (excludes halogenated alkanes) is 2. The van der Waals surface area contributed by atoms with Crippen LogP contribution in [0.1, 0.15) is 105 Å². The van der Waals surface area contributed by atoms with E-state index in [2.05, 4.69) is 61.7 Å². The summed E-state index contributed by atoms with van der Waals surface area (Å²) >= 11 is 0. The van der Waals surface area contributed by atoms with Crippen molar-refractivity contribution in [3.63, 3.8) is 0 Å². The molecule has 1 saturated carbocycles. The third-order valence-electron chi connectivity index (χ3n) is 12.9. The second-order valence-corrected chi connectivity index (χ2v) is 22.2. The number of aryl methyl sites for hydroxylation is 1. The molecule has 15 nitrogen and oxygen atoms in total. The first kappa shape index (κ1) is 51.7. The quantitative estimate of drug-likeness (QED) is 0.0381. The van der Waals surface area contributed by atoms with Crippen molar-refractivity contribution < 1.29 is 37.0 Å². The number of carbonyl (C=O) groups excluding carboxylic acids is 3. The molecule has 3 N–H and O–H groups in total. The number of aromatic nitrogens is 2. The Kier molecular flexibility index (Phi) is 16.7. The Balaban J connectivity index is 0.823. The molecular weight excluding hydrogens is 931 g/mol. The number of ether oxygens (including phenoxy) is 3. The summed E-state index contributed by atoms with van der Waals surface area (Å²) in [7, 11) is -3.47. The summed E-state index contributed by atoms with van der Waals surface area (Å²) in [6.07, 6.45) is 6.57. The van der Waals surface area contributed by atoms with Crippen LogP contribution in [-0.2, 0) is 43.9 Å². The van der Waals surface area contributed by atoms with E-state index < -0.39 is 15.9 Å². The van der Waals surface area contributed by atoms with Crippen LogP contribution in [0.15, 0.2) is 108 Å². The van der Waals surface area contributed by atoms with Crippen molar-refractivity contribution >= 4 is 56.3 Å². The molecule has 2 amide bonds. The van der Waals surface area contributed by atoms with E-state index in [1.807, 2.05) is 52.0 Å². The smallest absolute Gasteiger partial charge is 0.255 e. The number of nitrogens with one attached hydrogen (secondary N) is 3. The molecule has 16 heteroatoms. The molecule has 0 spiro atoms. The van der Waals surface area contributed by atoms with E-state index >= 15 is 0 Å². The molecule has 72 heavy (non-hydrogen) atoms. The fourth-order valence-corrected chi connectivity index (χ4v) is 11.1. The van der Waals surface area contributed by atoms with E-state index in [9.17, 15) is 22.8 Å². The van der Waals surface area contributed by atoms with Crippen LogP contribution in [0.4, 0.5) is 28.8 Å². The number of morpholine rings is 1. The van der Waals surface area contributed by atoms with E-state index in [4.69, 9.17) is 14.2 Å². The minimum absolute atomic E-state index is 0.0101. The van der Waals surface area contributed by atoms with Gasteiger partial charge in [-0.05, 0) is 117 Å². The third-order valence-corrected chi connectivity index (χ3v) is 15.1. The summed E-state index contributed by atoms with van der Waals surface area (Å²) in [4.78, 5) is 54.0. The fourth-order valence-electron chi connectivity index (χ4n) is 9.22. The number of rotatable bonds is 20. The van der Waals surface area contributed by atoms with Gasteiger partial charge in [0.15, 0.2) is 15.6 Å². The summed E-state index contributed by atoms with van der Waals surface area (Å²) < 4.78 is 44.1. The summed E-state index contributed by atoms with van der Waals surface area (Å²) in [6, 6.07) is 25.5. The zero-order valence-corrected chi connectivity index (χ0v) is 42.7. The summed E-state index contributed by atoms with van der Waals surface area (Å²) in [5.74, 6) is 1.76. The molecule has 3 aliphatic rings. The molecule has 1 saturated heterocycles. The number of carbonyl (C=O) groups is 3. The number of anilines is 5. The van der Waals surface area contributed by atoms with Gasteiger partial charge < -0.3 is 35.1 Å². The molecule has 2 aliphatic heterocycles. The molecular formula is C56H67N7O8S.